The molecule has 1 aromatic heterocycles. The Balaban J connectivity index is 1.88. The maximum Gasteiger partial charge on any atom is 0.274 e. The van der Waals surface area contributed by atoms with Crippen molar-refractivity contribution in [2.24, 2.45) is 0 Å². The van der Waals surface area contributed by atoms with Crippen molar-refractivity contribution in [3.05, 3.63) is 47.8 Å². The van der Waals surface area contributed by atoms with E-state index in [-0.39, 0.29) is 6.61 Å². The second-order valence-electron chi connectivity index (χ2n) is 4.27. The molecule has 0 radical (unpaired) electrons. The highest BCUT2D eigenvalue weighted by Gasteiger charge is 2.11. The molecule has 20 heavy (non-hydrogen) atoms. The van der Waals surface area contributed by atoms with Crippen LogP contribution in [0.3, 0.4) is 0 Å². The fraction of sp³-hybridized carbons (Fsp3) is 0.143. The molecule has 2 amide bonds. The quantitative estimate of drug-likeness (QED) is 0.730. The number of benzene rings is 1. The van der Waals surface area contributed by atoms with E-state index in [0.29, 0.717) is 17.1 Å². The number of carbonyl (C=O) groups excluding carboxylic acids is 2. The summed E-state index contributed by atoms with van der Waals surface area (Å²) >= 11 is 0. The van der Waals surface area contributed by atoms with Gasteiger partial charge in [0, 0.05) is 11.9 Å². The summed E-state index contributed by atoms with van der Waals surface area (Å²) in [5, 5.41) is 2.22. The molecular formula is C14H15N3O3. The van der Waals surface area contributed by atoms with E-state index in [2.05, 4.69) is 10.3 Å². The van der Waals surface area contributed by atoms with Gasteiger partial charge in [0.1, 0.15) is 11.4 Å². The summed E-state index contributed by atoms with van der Waals surface area (Å²) in [7, 11) is 0. The predicted molar refractivity (Wildman–Crippen MR) is 74.4 cm³/mol. The number of anilines is 1. The van der Waals surface area contributed by atoms with Gasteiger partial charge in [0.25, 0.3) is 11.8 Å². The van der Waals surface area contributed by atoms with Crippen LogP contribution < -0.4 is 15.8 Å². The Morgan fingerprint density at radius 1 is 1.35 bits per heavy atom. The number of nitrogen functional groups attached to an aromatic ring is 1. The van der Waals surface area contributed by atoms with E-state index < -0.39 is 11.8 Å². The van der Waals surface area contributed by atoms with Crippen molar-refractivity contribution in [2.45, 2.75) is 6.92 Å². The summed E-state index contributed by atoms with van der Waals surface area (Å²) in [6, 6.07) is 8.37. The molecule has 0 aliphatic heterocycles. The Morgan fingerprint density at radius 2 is 2.15 bits per heavy atom. The minimum atomic E-state index is -0.513. The lowest BCUT2D eigenvalue weighted by Gasteiger charge is -2.09. The number of H-pyrrole nitrogens is 1. The van der Waals surface area contributed by atoms with E-state index in [9.17, 15) is 9.59 Å². The van der Waals surface area contributed by atoms with Gasteiger partial charge in [0.15, 0.2) is 6.61 Å². The molecular weight excluding hydrogens is 258 g/mol. The van der Waals surface area contributed by atoms with Gasteiger partial charge in [-0.15, -0.1) is 0 Å². The minimum Gasteiger partial charge on any atom is -0.483 e. The first-order chi connectivity index (χ1) is 9.56. The van der Waals surface area contributed by atoms with E-state index in [1.165, 1.54) is 0 Å². The van der Waals surface area contributed by atoms with Gasteiger partial charge in [-0.3, -0.25) is 14.9 Å². The highest BCUT2D eigenvalue weighted by atomic mass is 16.5. The van der Waals surface area contributed by atoms with Gasteiger partial charge in [0.2, 0.25) is 0 Å². The lowest BCUT2D eigenvalue weighted by molar-refractivity contribution is -0.122. The van der Waals surface area contributed by atoms with Gasteiger partial charge in [-0.05, 0) is 42.8 Å². The maximum atomic E-state index is 11.6. The molecule has 0 atom stereocenters. The first-order valence-corrected chi connectivity index (χ1v) is 6.03. The van der Waals surface area contributed by atoms with Crippen molar-refractivity contribution >= 4 is 17.5 Å². The number of nitrogens with one attached hydrogen (secondary N) is 2. The summed E-state index contributed by atoms with van der Waals surface area (Å²) in [4.78, 5) is 25.9. The van der Waals surface area contributed by atoms with Crippen molar-refractivity contribution in [3.63, 3.8) is 0 Å². The largest absolute Gasteiger partial charge is 0.483 e. The number of hydrogen-bond acceptors (Lipinski definition) is 4. The summed E-state index contributed by atoms with van der Waals surface area (Å²) in [5.41, 5.74) is 7.40. The normalized spacial score (nSPS) is 10.1. The van der Waals surface area contributed by atoms with Gasteiger partial charge in [-0.25, -0.2) is 0 Å². The monoisotopic (exact) mass is 273 g/mol. The highest BCUT2D eigenvalue weighted by molar-refractivity contribution is 6.04. The lowest BCUT2D eigenvalue weighted by Crippen LogP contribution is -2.34. The molecule has 0 aliphatic rings. The van der Waals surface area contributed by atoms with Gasteiger partial charge in [0.05, 0.1) is 0 Å². The summed E-state index contributed by atoms with van der Waals surface area (Å²) < 4.78 is 5.34. The fourth-order valence-corrected chi connectivity index (χ4v) is 1.68. The molecule has 1 aromatic carbocycles. The van der Waals surface area contributed by atoms with Gasteiger partial charge < -0.3 is 15.5 Å². The number of amides is 2. The Morgan fingerprint density at radius 3 is 2.80 bits per heavy atom. The van der Waals surface area contributed by atoms with Crippen LogP contribution >= 0.6 is 0 Å². The number of rotatable bonds is 4. The van der Waals surface area contributed by atoms with E-state index in [4.69, 9.17) is 10.5 Å². The van der Waals surface area contributed by atoms with E-state index in [1.807, 2.05) is 6.92 Å². The van der Waals surface area contributed by atoms with Crippen molar-refractivity contribution in [1.29, 1.82) is 0 Å². The van der Waals surface area contributed by atoms with Gasteiger partial charge in [-0.2, -0.15) is 0 Å². The Labute approximate surface area is 115 Å². The van der Waals surface area contributed by atoms with E-state index >= 15 is 0 Å². The molecule has 6 nitrogen and oxygen atoms in total. The molecule has 0 saturated carbocycles. The van der Waals surface area contributed by atoms with Crippen LogP contribution in [-0.2, 0) is 4.79 Å². The van der Waals surface area contributed by atoms with Crippen LogP contribution in [0.25, 0.3) is 0 Å². The molecule has 0 aliphatic carbocycles. The first-order valence-electron chi connectivity index (χ1n) is 6.03. The molecule has 0 saturated heterocycles. The number of ether oxygens (including phenoxy) is 1. The van der Waals surface area contributed by atoms with Crippen molar-refractivity contribution < 1.29 is 14.3 Å². The summed E-state index contributed by atoms with van der Waals surface area (Å²) in [6.45, 7) is 1.59. The summed E-state index contributed by atoms with van der Waals surface area (Å²) in [6.07, 6.45) is 1.60. The standard InChI is InChI=1S/C14H15N3O3/c1-9-7-10(15)4-5-12(9)20-8-13(18)17-14(19)11-3-2-6-16-11/h2-7,16H,8,15H2,1H3,(H,17,18,19). The predicted octanol–water partition coefficient (Wildman–Crippen LogP) is 1.24. The zero-order valence-electron chi connectivity index (χ0n) is 11.0. The topological polar surface area (TPSA) is 97.2 Å². The number of aryl methyl sites for hydroxylation is 1. The van der Waals surface area contributed by atoms with Gasteiger partial charge in [-0.1, -0.05) is 0 Å². The van der Waals surface area contributed by atoms with Crippen LogP contribution in [0.2, 0.25) is 0 Å². The second-order valence-corrected chi connectivity index (χ2v) is 4.27. The third-order valence-corrected chi connectivity index (χ3v) is 2.65. The first kappa shape index (κ1) is 13.7. The fourth-order valence-electron chi connectivity index (χ4n) is 1.68. The number of imide groups is 1. The van der Waals surface area contributed by atoms with Crippen molar-refractivity contribution in [2.75, 3.05) is 12.3 Å². The number of aromatic amines is 1. The van der Waals surface area contributed by atoms with Crippen LogP contribution in [-0.4, -0.2) is 23.4 Å². The second kappa shape index (κ2) is 5.92. The molecule has 0 unspecified atom stereocenters. The van der Waals surface area contributed by atoms with Crippen LogP contribution in [0, 0.1) is 6.92 Å². The number of nitrogens with two attached hydrogens (primary N) is 1. The molecule has 2 rings (SSSR count). The molecule has 6 heteroatoms. The minimum absolute atomic E-state index is 0.239. The molecule has 2 aromatic rings. The number of carbonyl (C=O) groups is 2. The van der Waals surface area contributed by atoms with Crippen LogP contribution in [0.5, 0.6) is 5.75 Å². The Hall–Kier alpha value is -2.76. The zero-order valence-corrected chi connectivity index (χ0v) is 11.0. The molecule has 104 valence electrons. The molecule has 0 bridgehead atoms. The highest BCUT2D eigenvalue weighted by Crippen LogP contribution is 2.19. The Bertz CT molecular complexity index is 621. The van der Waals surface area contributed by atoms with Crippen LogP contribution in [0.4, 0.5) is 5.69 Å². The molecule has 4 N–H and O–H groups in total. The third kappa shape index (κ3) is 3.38. The van der Waals surface area contributed by atoms with E-state index in [1.54, 1.807) is 36.5 Å². The molecule has 1 heterocycles. The van der Waals surface area contributed by atoms with Crippen molar-refractivity contribution in [1.82, 2.24) is 10.3 Å². The number of aromatic nitrogens is 1. The van der Waals surface area contributed by atoms with Gasteiger partial charge >= 0.3 is 0 Å². The average molecular weight is 273 g/mol. The third-order valence-electron chi connectivity index (χ3n) is 2.65. The SMILES string of the molecule is Cc1cc(N)ccc1OCC(=O)NC(=O)c1ccc[nH]1. The Kier molecular flexibility index (Phi) is 4.05. The zero-order chi connectivity index (χ0) is 14.5. The van der Waals surface area contributed by atoms with E-state index in [0.717, 1.165) is 5.56 Å². The average Bonchev–Trinajstić information content (AvgIpc) is 2.91. The van der Waals surface area contributed by atoms with Crippen LogP contribution in [0.1, 0.15) is 16.1 Å². The van der Waals surface area contributed by atoms with Crippen molar-refractivity contribution in [3.8, 4) is 5.75 Å². The number of hydrogen-bond donors (Lipinski definition) is 3. The van der Waals surface area contributed by atoms with Crippen LogP contribution in [0.15, 0.2) is 36.5 Å². The summed E-state index contributed by atoms with van der Waals surface area (Å²) in [5.74, 6) is -0.444. The maximum absolute atomic E-state index is 11.6. The lowest BCUT2D eigenvalue weighted by atomic mass is 10.2. The smallest absolute Gasteiger partial charge is 0.274 e. The molecule has 0 fully saturated rings. The molecule has 0 spiro atoms.